The molecule has 0 spiro atoms. The average molecular weight is 240 g/mol. The zero-order valence-corrected chi connectivity index (χ0v) is 12.7. The Morgan fingerprint density at radius 3 is 2.29 bits per heavy atom. The van der Waals surface area contributed by atoms with Crippen LogP contribution in [0.15, 0.2) is 0 Å². The molecule has 0 radical (unpaired) electrons. The van der Waals surface area contributed by atoms with E-state index in [0.29, 0.717) is 6.04 Å². The minimum Gasteiger partial charge on any atom is -0.311 e. The lowest BCUT2D eigenvalue weighted by Crippen LogP contribution is -2.58. The van der Waals surface area contributed by atoms with Gasteiger partial charge in [-0.05, 0) is 24.2 Å². The zero-order chi connectivity index (χ0) is 13.0. The SMILES string of the molecule is CCC1CNC(C(C)C)CN1CC(C)C(C)C. The molecule has 2 nitrogen and oxygen atoms in total. The molecule has 1 aliphatic heterocycles. The van der Waals surface area contributed by atoms with Gasteiger partial charge in [0.05, 0.1) is 0 Å². The monoisotopic (exact) mass is 240 g/mol. The molecule has 102 valence electrons. The Morgan fingerprint density at radius 2 is 1.82 bits per heavy atom. The van der Waals surface area contributed by atoms with Gasteiger partial charge in [0.2, 0.25) is 0 Å². The van der Waals surface area contributed by atoms with Crippen molar-refractivity contribution in [2.24, 2.45) is 17.8 Å². The van der Waals surface area contributed by atoms with Crippen LogP contribution < -0.4 is 5.32 Å². The molecular formula is C15H32N2. The fourth-order valence-corrected chi connectivity index (χ4v) is 2.54. The van der Waals surface area contributed by atoms with Gasteiger partial charge in [-0.3, -0.25) is 4.90 Å². The summed E-state index contributed by atoms with van der Waals surface area (Å²) >= 11 is 0. The first-order valence-electron chi connectivity index (χ1n) is 7.43. The van der Waals surface area contributed by atoms with Gasteiger partial charge in [0, 0.05) is 31.7 Å². The molecule has 1 rings (SSSR count). The van der Waals surface area contributed by atoms with Crippen LogP contribution in [0.5, 0.6) is 0 Å². The van der Waals surface area contributed by atoms with Crippen molar-refractivity contribution < 1.29 is 0 Å². The standard InChI is InChI=1S/C15H32N2/c1-7-14-8-16-15(12(4)5)10-17(14)9-13(6)11(2)3/h11-16H,7-10H2,1-6H3. The van der Waals surface area contributed by atoms with E-state index in [9.17, 15) is 0 Å². The van der Waals surface area contributed by atoms with Crippen molar-refractivity contribution in [3.05, 3.63) is 0 Å². The molecule has 3 unspecified atom stereocenters. The summed E-state index contributed by atoms with van der Waals surface area (Å²) < 4.78 is 0. The number of piperazine rings is 1. The van der Waals surface area contributed by atoms with Crippen molar-refractivity contribution in [3.63, 3.8) is 0 Å². The van der Waals surface area contributed by atoms with Crippen molar-refractivity contribution >= 4 is 0 Å². The highest BCUT2D eigenvalue weighted by atomic mass is 15.2. The molecule has 1 N–H and O–H groups in total. The lowest BCUT2D eigenvalue weighted by molar-refractivity contribution is 0.0873. The number of hydrogen-bond acceptors (Lipinski definition) is 2. The lowest BCUT2D eigenvalue weighted by atomic mass is 9.93. The molecule has 3 atom stereocenters. The first-order chi connectivity index (χ1) is 7.95. The zero-order valence-electron chi connectivity index (χ0n) is 12.7. The van der Waals surface area contributed by atoms with E-state index < -0.39 is 0 Å². The van der Waals surface area contributed by atoms with E-state index in [4.69, 9.17) is 0 Å². The van der Waals surface area contributed by atoms with Gasteiger partial charge in [0.25, 0.3) is 0 Å². The summed E-state index contributed by atoms with van der Waals surface area (Å²) in [6, 6.07) is 1.42. The number of rotatable bonds is 5. The minimum atomic E-state index is 0.678. The van der Waals surface area contributed by atoms with E-state index in [1.807, 2.05) is 0 Å². The molecule has 0 aliphatic carbocycles. The van der Waals surface area contributed by atoms with Gasteiger partial charge in [0.15, 0.2) is 0 Å². The Kier molecular flexibility index (Phi) is 5.94. The van der Waals surface area contributed by atoms with Gasteiger partial charge in [-0.15, -0.1) is 0 Å². The predicted octanol–water partition coefficient (Wildman–Crippen LogP) is 2.99. The molecule has 1 saturated heterocycles. The minimum absolute atomic E-state index is 0.678. The molecule has 0 aromatic rings. The topological polar surface area (TPSA) is 15.3 Å². The molecule has 0 aromatic carbocycles. The van der Waals surface area contributed by atoms with E-state index in [2.05, 4.69) is 51.8 Å². The van der Waals surface area contributed by atoms with Gasteiger partial charge in [-0.2, -0.15) is 0 Å². The highest BCUT2D eigenvalue weighted by Gasteiger charge is 2.29. The number of hydrogen-bond donors (Lipinski definition) is 1. The Bertz CT molecular complexity index is 211. The first kappa shape index (κ1) is 15.0. The fraction of sp³-hybridized carbons (Fsp3) is 1.00. The molecule has 0 amide bonds. The van der Waals surface area contributed by atoms with Crippen LogP contribution in [0.25, 0.3) is 0 Å². The third-order valence-electron chi connectivity index (χ3n) is 4.50. The van der Waals surface area contributed by atoms with E-state index in [0.717, 1.165) is 23.8 Å². The Balaban J connectivity index is 2.57. The van der Waals surface area contributed by atoms with Crippen LogP contribution in [0.1, 0.15) is 48.0 Å². The molecule has 17 heavy (non-hydrogen) atoms. The predicted molar refractivity (Wildman–Crippen MR) is 76.3 cm³/mol. The second-order valence-electron chi connectivity index (χ2n) is 6.50. The van der Waals surface area contributed by atoms with Crippen LogP contribution in [-0.4, -0.2) is 36.6 Å². The van der Waals surface area contributed by atoms with E-state index >= 15 is 0 Å². The van der Waals surface area contributed by atoms with E-state index in [1.165, 1.54) is 26.1 Å². The lowest BCUT2D eigenvalue weighted by Gasteiger charge is -2.43. The number of nitrogens with one attached hydrogen (secondary N) is 1. The summed E-state index contributed by atoms with van der Waals surface area (Å²) in [5, 5.41) is 3.71. The van der Waals surface area contributed by atoms with Gasteiger partial charge in [-0.1, -0.05) is 41.5 Å². The molecule has 1 heterocycles. The molecule has 2 heteroatoms. The largest absolute Gasteiger partial charge is 0.311 e. The van der Waals surface area contributed by atoms with Crippen LogP contribution in [0, 0.1) is 17.8 Å². The Labute approximate surface area is 108 Å². The van der Waals surface area contributed by atoms with Crippen LogP contribution >= 0.6 is 0 Å². The summed E-state index contributed by atoms with van der Waals surface area (Å²) in [5.74, 6) is 2.33. The van der Waals surface area contributed by atoms with Crippen molar-refractivity contribution in [3.8, 4) is 0 Å². The van der Waals surface area contributed by atoms with Crippen molar-refractivity contribution in [1.29, 1.82) is 0 Å². The second-order valence-corrected chi connectivity index (χ2v) is 6.50. The van der Waals surface area contributed by atoms with Crippen LogP contribution in [0.3, 0.4) is 0 Å². The molecule has 1 fully saturated rings. The van der Waals surface area contributed by atoms with E-state index in [1.54, 1.807) is 0 Å². The third kappa shape index (κ3) is 4.26. The van der Waals surface area contributed by atoms with Gasteiger partial charge in [0.1, 0.15) is 0 Å². The van der Waals surface area contributed by atoms with Crippen molar-refractivity contribution in [2.45, 2.75) is 60.0 Å². The molecular weight excluding hydrogens is 208 g/mol. The van der Waals surface area contributed by atoms with Crippen LogP contribution in [0.2, 0.25) is 0 Å². The third-order valence-corrected chi connectivity index (χ3v) is 4.50. The highest BCUT2D eigenvalue weighted by Crippen LogP contribution is 2.19. The van der Waals surface area contributed by atoms with Gasteiger partial charge < -0.3 is 5.32 Å². The molecule has 0 saturated carbocycles. The maximum absolute atomic E-state index is 3.71. The summed E-state index contributed by atoms with van der Waals surface area (Å²) in [7, 11) is 0. The Hall–Kier alpha value is -0.0800. The van der Waals surface area contributed by atoms with Crippen molar-refractivity contribution in [1.82, 2.24) is 10.2 Å². The molecule has 0 aromatic heterocycles. The molecule has 0 bridgehead atoms. The summed E-state index contributed by atoms with van der Waals surface area (Å²) in [6.45, 7) is 17.7. The van der Waals surface area contributed by atoms with E-state index in [-0.39, 0.29) is 0 Å². The quantitative estimate of drug-likeness (QED) is 0.795. The maximum Gasteiger partial charge on any atom is 0.0218 e. The fourth-order valence-electron chi connectivity index (χ4n) is 2.54. The summed E-state index contributed by atoms with van der Waals surface area (Å²) in [6.07, 6.45) is 1.27. The normalized spacial score (nSPS) is 28.9. The van der Waals surface area contributed by atoms with Crippen LogP contribution in [0.4, 0.5) is 0 Å². The Morgan fingerprint density at radius 1 is 1.18 bits per heavy atom. The highest BCUT2D eigenvalue weighted by molar-refractivity contribution is 4.87. The van der Waals surface area contributed by atoms with Gasteiger partial charge in [-0.25, -0.2) is 0 Å². The second kappa shape index (κ2) is 6.75. The maximum atomic E-state index is 3.71. The average Bonchev–Trinajstić information content (AvgIpc) is 2.28. The van der Waals surface area contributed by atoms with Gasteiger partial charge >= 0.3 is 0 Å². The summed E-state index contributed by atoms with van der Waals surface area (Å²) in [5.41, 5.74) is 0. The number of nitrogens with zero attached hydrogens (tertiary/aromatic N) is 1. The first-order valence-corrected chi connectivity index (χ1v) is 7.43. The summed E-state index contributed by atoms with van der Waals surface area (Å²) in [4.78, 5) is 2.73. The molecule has 1 aliphatic rings. The smallest absolute Gasteiger partial charge is 0.0218 e. The van der Waals surface area contributed by atoms with Crippen molar-refractivity contribution in [2.75, 3.05) is 19.6 Å². The van der Waals surface area contributed by atoms with Crippen LogP contribution in [-0.2, 0) is 0 Å².